The summed E-state index contributed by atoms with van der Waals surface area (Å²) < 4.78 is 0. The summed E-state index contributed by atoms with van der Waals surface area (Å²) in [5, 5.41) is 12.0. The van der Waals surface area contributed by atoms with E-state index in [1.54, 1.807) is 11.3 Å². The topological polar surface area (TPSA) is 36.7 Å². The average Bonchev–Trinajstić information content (AvgIpc) is 2.78. The van der Waals surface area contributed by atoms with Gasteiger partial charge in [0.05, 0.1) is 23.2 Å². The summed E-state index contributed by atoms with van der Waals surface area (Å²) in [5.41, 5.74) is 0.957. The Morgan fingerprint density at radius 3 is 2.71 bits per heavy atom. The third kappa shape index (κ3) is 3.07. The number of thiazole rings is 1. The number of hydrogen-bond donors (Lipinski definition) is 0. The minimum atomic E-state index is 0.456. The molecule has 0 amide bonds. The van der Waals surface area contributed by atoms with E-state index in [1.165, 1.54) is 30.7 Å². The van der Waals surface area contributed by atoms with Gasteiger partial charge < -0.3 is 0 Å². The number of aromatic nitrogens is 1. The molecule has 1 saturated carbocycles. The van der Waals surface area contributed by atoms with E-state index in [1.807, 2.05) is 5.38 Å². The zero-order chi connectivity index (χ0) is 12.3. The van der Waals surface area contributed by atoms with Crippen LogP contribution >= 0.6 is 11.3 Å². The van der Waals surface area contributed by atoms with E-state index in [0.717, 1.165) is 17.5 Å². The summed E-state index contributed by atoms with van der Waals surface area (Å²) in [6, 6.07) is 2.17. The van der Waals surface area contributed by atoms with E-state index in [9.17, 15) is 0 Å². The predicted molar refractivity (Wildman–Crippen MR) is 71.0 cm³/mol. The van der Waals surface area contributed by atoms with Crippen LogP contribution in [0.3, 0.4) is 0 Å². The first-order valence-electron chi connectivity index (χ1n) is 6.52. The molecule has 1 aliphatic carbocycles. The fourth-order valence-electron chi connectivity index (χ4n) is 2.71. The SMILES string of the molecule is CC(C)C1CCC(c2nc(CC#N)cs2)CC1. The zero-order valence-corrected chi connectivity index (χ0v) is 11.5. The molecule has 1 heterocycles. The van der Waals surface area contributed by atoms with Gasteiger partial charge in [-0.2, -0.15) is 5.26 Å². The molecule has 3 heteroatoms. The van der Waals surface area contributed by atoms with Crippen molar-refractivity contribution in [2.75, 3.05) is 0 Å². The van der Waals surface area contributed by atoms with Crippen molar-refractivity contribution >= 4 is 11.3 Å². The Hall–Kier alpha value is -0.880. The Balaban J connectivity index is 1.94. The molecule has 2 nitrogen and oxygen atoms in total. The zero-order valence-electron chi connectivity index (χ0n) is 10.6. The van der Waals surface area contributed by atoms with Crippen LogP contribution in [-0.4, -0.2) is 4.98 Å². The molecule has 1 aromatic heterocycles. The molecule has 17 heavy (non-hydrogen) atoms. The lowest BCUT2D eigenvalue weighted by atomic mass is 9.77. The van der Waals surface area contributed by atoms with Gasteiger partial charge in [-0.15, -0.1) is 11.3 Å². The molecule has 0 atom stereocenters. The molecule has 0 saturated heterocycles. The molecule has 0 aliphatic heterocycles. The molecule has 0 radical (unpaired) electrons. The molecule has 2 rings (SSSR count). The van der Waals surface area contributed by atoms with Gasteiger partial charge in [0.25, 0.3) is 0 Å². The van der Waals surface area contributed by atoms with Gasteiger partial charge in [-0.05, 0) is 37.5 Å². The van der Waals surface area contributed by atoms with Gasteiger partial charge in [-0.25, -0.2) is 4.98 Å². The summed E-state index contributed by atoms with van der Waals surface area (Å²) in [4.78, 5) is 4.59. The smallest absolute Gasteiger partial charge is 0.0959 e. The Morgan fingerprint density at radius 2 is 2.12 bits per heavy atom. The number of hydrogen-bond acceptors (Lipinski definition) is 3. The molecule has 0 unspecified atom stereocenters. The molecular formula is C14H20N2S. The molecule has 1 aliphatic rings. The van der Waals surface area contributed by atoms with Gasteiger partial charge >= 0.3 is 0 Å². The third-order valence-electron chi connectivity index (χ3n) is 3.89. The van der Waals surface area contributed by atoms with Gasteiger partial charge in [0.2, 0.25) is 0 Å². The predicted octanol–water partition coefficient (Wildman–Crippen LogP) is 4.14. The first-order valence-corrected chi connectivity index (χ1v) is 7.40. The number of nitriles is 1. The Labute approximate surface area is 108 Å². The van der Waals surface area contributed by atoms with E-state index < -0.39 is 0 Å². The second-order valence-corrected chi connectivity index (χ2v) is 6.26. The van der Waals surface area contributed by atoms with Gasteiger partial charge in [0.15, 0.2) is 0 Å². The van der Waals surface area contributed by atoms with E-state index in [2.05, 4.69) is 24.9 Å². The van der Waals surface area contributed by atoms with Crippen LogP contribution in [0.2, 0.25) is 0 Å². The van der Waals surface area contributed by atoms with Crippen LogP contribution in [0.1, 0.15) is 56.2 Å². The van der Waals surface area contributed by atoms with Crippen molar-refractivity contribution in [3.8, 4) is 6.07 Å². The van der Waals surface area contributed by atoms with Crippen molar-refractivity contribution in [2.45, 2.75) is 51.9 Å². The van der Waals surface area contributed by atoms with Gasteiger partial charge in [0.1, 0.15) is 0 Å². The lowest BCUT2D eigenvalue weighted by molar-refractivity contribution is 0.258. The van der Waals surface area contributed by atoms with Gasteiger partial charge in [-0.1, -0.05) is 13.8 Å². The van der Waals surface area contributed by atoms with E-state index in [4.69, 9.17) is 5.26 Å². The van der Waals surface area contributed by atoms with Crippen LogP contribution in [0.15, 0.2) is 5.38 Å². The summed E-state index contributed by atoms with van der Waals surface area (Å²) in [5.74, 6) is 2.38. The maximum atomic E-state index is 8.65. The normalized spacial score (nSPS) is 24.8. The largest absolute Gasteiger partial charge is 0.245 e. The summed E-state index contributed by atoms with van der Waals surface area (Å²) >= 11 is 1.74. The highest BCUT2D eigenvalue weighted by molar-refractivity contribution is 7.09. The quantitative estimate of drug-likeness (QED) is 0.806. The minimum Gasteiger partial charge on any atom is -0.245 e. The van der Waals surface area contributed by atoms with E-state index >= 15 is 0 Å². The van der Waals surface area contributed by atoms with Crippen molar-refractivity contribution in [3.05, 3.63) is 16.1 Å². The van der Waals surface area contributed by atoms with E-state index in [0.29, 0.717) is 12.3 Å². The van der Waals surface area contributed by atoms with Crippen molar-refractivity contribution in [1.82, 2.24) is 4.98 Å². The van der Waals surface area contributed by atoms with Gasteiger partial charge in [-0.3, -0.25) is 0 Å². The molecule has 1 fully saturated rings. The summed E-state index contributed by atoms with van der Waals surface area (Å²) in [7, 11) is 0. The van der Waals surface area contributed by atoms with Crippen LogP contribution in [0.25, 0.3) is 0 Å². The van der Waals surface area contributed by atoms with Crippen molar-refractivity contribution in [3.63, 3.8) is 0 Å². The molecule has 0 bridgehead atoms. The highest BCUT2D eigenvalue weighted by atomic mass is 32.1. The second kappa shape index (κ2) is 5.64. The average molecular weight is 248 g/mol. The fraction of sp³-hybridized carbons (Fsp3) is 0.714. The maximum absolute atomic E-state index is 8.65. The van der Waals surface area contributed by atoms with Crippen molar-refractivity contribution < 1.29 is 0 Å². The molecule has 92 valence electrons. The molecule has 0 spiro atoms. The highest BCUT2D eigenvalue weighted by Gasteiger charge is 2.25. The standard InChI is InChI=1S/C14H20N2S/c1-10(2)11-3-5-12(6-4-11)14-16-13(7-8-15)9-17-14/h9-12H,3-7H2,1-2H3. The van der Waals surface area contributed by atoms with Crippen LogP contribution in [-0.2, 0) is 6.42 Å². The van der Waals surface area contributed by atoms with Crippen molar-refractivity contribution in [1.29, 1.82) is 5.26 Å². The van der Waals surface area contributed by atoms with Crippen LogP contribution in [0.5, 0.6) is 0 Å². The Bertz CT molecular complexity index is 395. The lowest BCUT2D eigenvalue weighted by Crippen LogP contribution is -2.17. The minimum absolute atomic E-state index is 0.456. The fourth-order valence-corrected chi connectivity index (χ4v) is 3.70. The van der Waals surface area contributed by atoms with E-state index in [-0.39, 0.29) is 0 Å². The lowest BCUT2D eigenvalue weighted by Gasteiger charge is -2.29. The molecular weight excluding hydrogens is 228 g/mol. The van der Waals surface area contributed by atoms with Crippen LogP contribution in [0, 0.1) is 23.2 Å². The summed E-state index contributed by atoms with van der Waals surface area (Å²) in [6.07, 6.45) is 5.70. The Morgan fingerprint density at radius 1 is 1.41 bits per heavy atom. The number of rotatable bonds is 3. The van der Waals surface area contributed by atoms with Crippen LogP contribution < -0.4 is 0 Å². The maximum Gasteiger partial charge on any atom is 0.0959 e. The third-order valence-corrected chi connectivity index (χ3v) is 4.95. The van der Waals surface area contributed by atoms with Crippen molar-refractivity contribution in [2.24, 2.45) is 11.8 Å². The molecule has 0 N–H and O–H groups in total. The molecule has 0 aromatic carbocycles. The second-order valence-electron chi connectivity index (χ2n) is 5.37. The van der Waals surface area contributed by atoms with Gasteiger partial charge in [0, 0.05) is 11.3 Å². The first-order chi connectivity index (χ1) is 8.20. The highest BCUT2D eigenvalue weighted by Crippen LogP contribution is 2.39. The molecule has 1 aromatic rings. The number of nitrogens with zero attached hydrogens (tertiary/aromatic N) is 2. The van der Waals surface area contributed by atoms with Crippen LogP contribution in [0.4, 0.5) is 0 Å². The Kier molecular flexibility index (Phi) is 4.17. The first kappa shape index (κ1) is 12.6. The monoisotopic (exact) mass is 248 g/mol. The summed E-state index contributed by atoms with van der Waals surface area (Å²) in [6.45, 7) is 4.67.